The molecule has 0 spiro atoms. The third kappa shape index (κ3) is 2.95. The number of H-pyrrole nitrogens is 1. The Balaban J connectivity index is 1.58. The molecule has 0 aliphatic rings. The van der Waals surface area contributed by atoms with E-state index in [1.165, 1.54) is 0 Å². The predicted octanol–water partition coefficient (Wildman–Crippen LogP) is 2.29. The Labute approximate surface area is 147 Å². The zero-order valence-electron chi connectivity index (χ0n) is 14.1. The largest absolute Gasteiger partial charge is 0.339 e. The molecule has 2 aromatic heterocycles. The zero-order valence-corrected chi connectivity index (χ0v) is 14.1. The molecule has 0 saturated carbocycles. The first-order chi connectivity index (χ1) is 12.6. The summed E-state index contributed by atoms with van der Waals surface area (Å²) in [4.78, 5) is 31.7. The Morgan fingerprint density at radius 3 is 2.65 bits per heavy atom. The predicted molar refractivity (Wildman–Crippen MR) is 97.0 cm³/mol. The van der Waals surface area contributed by atoms with Gasteiger partial charge in [0.1, 0.15) is 0 Å². The third-order valence-electron chi connectivity index (χ3n) is 4.22. The summed E-state index contributed by atoms with van der Waals surface area (Å²) in [5, 5.41) is 4.43. The number of nitrogens with zero attached hydrogens (tertiary/aromatic N) is 3. The van der Waals surface area contributed by atoms with Crippen LogP contribution in [0.15, 0.2) is 62.6 Å². The molecule has 130 valence electrons. The van der Waals surface area contributed by atoms with E-state index in [1.807, 2.05) is 31.2 Å². The molecule has 0 aliphatic heterocycles. The molecule has 2 heterocycles. The van der Waals surface area contributed by atoms with Crippen molar-refractivity contribution >= 4 is 10.9 Å². The molecular formula is C19H16N4O3. The summed E-state index contributed by atoms with van der Waals surface area (Å²) in [5.41, 5.74) is 1.74. The molecule has 0 unspecified atom stereocenters. The lowest BCUT2D eigenvalue weighted by Gasteiger charge is -2.04. The van der Waals surface area contributed by atoms with Crippen LogP contribution in [0.2, 0.25) is 0 Å². The van der Waals surface area contributed by atoms with Gasteiger partial charge in [-0.2, -0.15) is 4.98 Å². The number of nitrogens with one attached hydrogen (secondary N) is 1. The van der Waals surface area contributed by atoms with Gasteiger partial charge in [-0.25, -0.2) is 4.79 Å². The lowest BCUT2D eigenvalue weighted by atomic mass is 10.1. The Bertz CT molecular complexity index is 1190. The fourth-order valence-electron chi connectivity index (χ4n) is 2.79. The fraction of sp³-hybridized carbons (Fsp3) is 0.158. The number of hydrogen-bond acceptors (Lipinski definition) is 5. The molecule has 0 atom stereocenters. The Morgan fingerprint density at radius 1 is 1.08 bits per heavy atom. The molecule has 4 aromatic rings. The van der Waals surface area contributed by atoms with Gasteiger partial charge in [-0.15, -0.1) is 0 Å². The summed E-state index contributed by atoms with van der Waals surface area (Å²) in [6, 6.07) is 14.7. The zero-order chi connectivity index (χ0) is 18.1. The van der Waals surface area contributed by atoms with Gasteiger partial charge >= 0.3 is 5.69 Å². The second-order valence-corrected chi connectivity index (χ2v) is 6.06. The highest BCUT2D eigenvalue weighted by Crippen LogP contribution is 2.16. The van der Waals surface area contributed by atoms with E-state index in [-0.39, 0.29) is 12.1 Å². The second kappa shape index (κ2) is 6.44. The van der Waals surface area contributed by atoms with E-state index in [4.69, 9.17) is 4.52 Å². The standard InChI is InChI=1S/C19H16N4O3/c1-12-6-8-13(9-7-12)17-21-16(26-22-17)10-11-23-18(24)14-4-2-3-5-15(14)20-19(23)25/h2-9H,10-11H2,1H3,(H,20,25). The number of para-hydroxylation sites is 1. The van der Waals surface area contributed by atoms with Crippen LogP contribution in [-0.4, -0.2) is 19.7 Å². The molecule has 0 bridgehead atoms. The van der Waals surface area contributed by atoms with Gasteiger partial charge in [0.05, 0.1) is 10.9 Å². The third-order valence-corrected chi connectivity index (χ3v) is 4.22. The SMILES string of the molecule is Cc1ccc(-c2noc(CCn3c(=O)[nH]c4ccccc4c3=O)n2)cc1. The fourth-order valence-corrected chi connectivity index (χ4v) is 2.79. The second-order valence-electron chi connectivity index (χ2n) is 6.06. The van der Waals surface area contributed by atoms with Gasteiger partial charge in [0, 0.05) is 18.5 Å². The van der Waals surface area contributed by atoms with Crippen molar-refractivity contribution in [2.45, 2.75) is 19.9 Å². The maximum Gasteiger partial charge on any atom is 0.328 e. The normalized spacial score (nSPS) is 11.1. The van der Waals surface area contributed by atoms with E-state index in [1.54, 1.807) is 24.3 Å². The minimum Gasteiger partial charge on any atom is -0.339 e. The van der Waals surface area contributed by atoms with Crippen LogP contribution in [0.3, 0.4) is 0 Å². The number of aryl methyl sites for hydroxylation is 2. The molecule has 4 rings (SSSR count). The molecule has 1 N–H and O–H groups in total. The van der Waals surface area contributed by atoms with Gasteiger partial charge in [0.2, 0.25) is 11.7 Å². The average molecular weight is 348 g/mol. The van der Waals surface area contributed by atoms with Crippen molar-refractivity contribution < 1.29 is 4.52 Å². The smallest absolute Gasteiger partial charge is 0.328 e. The molecule has 0 amide bonds. The molecule has 2 aromatic carbocycles. The quantitative estimate of drug-likeness (QED) is 0.611. The van der Waals surface area contributed by atoms with Crippen molar-refractivity contribution in [2.24, 2.45) is 0 Å². The summed E-state index contributed by atoms with van der Waals surface area (Å²) in [6.45, 7) is 2.17. The van der Waals surface area contributed by atoms with Crippen molar-refractivity contribution in [3.63, 3.8) is 0 Å². The van der Waals surface area contributed by atoms with Crippen molar-refractivity contribution in [1.29, 1.82) is 0 Å². The van der Waals surface area contributed by atoms with Crippen molar-refractivity contribution in [3.8, 4) is 11.4 Å². The molecule has 7 heteroatoms. The van der Waals surface area contributed by atoms with Gasteiger partial charge in [-0.3, -0.25) is 9.36 Å². The minimum absolute atomic E-state index is 0.161. The number of rotatable bonds is 4. The minimum atomic E-state index is -0.452. The van der Waals surface area contributed by atoms with Gasteiger partial charge < -0.3 is 9.51 Å². The highest BCUT2D eigenvalue weighted by Gasteiger charge is 2.11. The van der Waals surface area contributed by atoms with Crippen LogP contribution < -0.4 is 11.2 Å². The lowest BCUT2D eigenvalue weighted by molar-refractivity contribution is 0.370. The number of benzene rings is 2. The van der Waals surface area contributed by atoms with Crippen LogP contribution >= 0.6 is 0 Å². The Hall–Kier alpha value is -3.48. The summed E-state index contributed by atoms with van der Waals surface area (Å²) in [6.07, 6.45) is 0.292. The molecule has 26 heavy (non-hydrogen) atoms. The van der Waals surface area contributed by atoms with Crippen LogP contribution in [0.25, 0.3) is 22.3 Å². The number of fused-ring (bicyclic) bond motifs is 1. The lowest BCUT2D eigenvalue weighted by Crippen LogP contribution is -2.35. The van der Waals surface area contributed by atoms with E-state index in [0.717, 1.165) is 15.7 Å². The van der Waals surface area contributed by atoms with E-state index < -0.39 is 5.69 Å². The van der Waals surface area contributed by atoms with E-state index in [9.17, 15) is 9.59 Å². The molecule has 0 radical (unpaired) electrons. The van der Waals surface area contributed by atoms with Gasteiger partial charge in [0.25, 0.3) is 5.56 Å². The maximum atomic E-state index is 12.5. The Kier molecular flexibility index (Phi) is 3.96. The molecule has 0 fully saturated rings. The molecular weight excluding hydrogens is 332 g/mol. The number of hydrogen-bond donors (Lipinski definition) is 1. The summed E-state index contributed by atoms with van der Waals surface area (Å²) >= 11 is 0. The first kappa shape index (κ1) is 16.0. The number of aromatic nitrogens is 4. The summed E-state index contributed by atoms with van der Waals surface area (Å²) in [7, 11) is 0. The highest BCUT2D eigenvalue weighted by atomic mass is 16.5. The highest BCUT2D eigenvalue weighted by molar-refractivity contribution is 5.76. The van der Waals surface area contributed by atoms with E-state index in [0.29, 0.717) is 29.0 Å². The first-order valence-electron chi connectivity index (χ1n) is 8.23. The van der Waals surface area contributed by atoms with Crippen molar-refractivity contribution in [2.75, 3.05) is 0 Å². The summed E-state index contributed by atoms with van der Waals surface area (Å²) < 4.78 is 6.40. The van der Waals surface area contributed by atoms with Crippen LogP contribution in [-0.2, 0) is 13.0 Å². The molecule has 0 saturated heterocycles. The Morgan fingerprint density at radius 2 is 1.85 bits per heavy atom. The van der Waals surface area contributed by atoms with Gasteiger partial charge in [0.15, 0.2) is 0 Å². The van der Waals surface area contributed by atoms with Gasteiger partial charge in [-0.05, 0) is 19.1 Å². The topological polar surface area (TPSA) is 93.8 Å². The van der Waals surface area contributed by atoms with Gasteiger partial charge in [-0.1, -0.05) is 47.1 Å². The molecule has 7 nitrogen and oxygen atoms in total. The van der Waals surface area contributed by atoms with E-state index in [2.05, 4.69) is 15.1 Å². The monoisotopic (exact) mass is 348 g/mol. The number of aromatic amines is 1. The van der Waals surface area contributed by atoms with Crippen molar-refractivity contribution in [1.82, 2.24) is 19.7 Å². The molecule has 0 aliphatic carbocycles. The van der Waals surface area contributed by atoms with Crippen LogP contribution in [0.4, 0.5) is 0 Å². The first-order valence-corrected chi connectivity index (χ1v) is 8.23. The maximum absolute atomic E-state index is 12.5. The summed E-state index contributed by atoms with van der Waals surface area (Å²) in [5.74, 6) is 0.861. The van der Waals surface area contributed by atoms with Crippen molar-refractivity contribution in [3.05, 3.63) is 80.8 Å². The average Bonchev–Trinajstić information content (AvgIpc) is 3.11. The van der Waals surface area contributed by atoms with Crippen LogP contribution in [0.5, 0.6) is 0 Å². The van der Waals surface area contributed by atoms with Crippen LogP contribution in [0, 0.1) is 6.92 Å². The van der Waals surface area contributed by atoms with E-state index >= 15 is 0 Å². The van der Waals surface area contributed by atoms with Crippen LogP contribution in [0.1, 0.15) is 11.5 Å².